The van der Waals surface area contributed by atoms with Crippen LogP contribution in [0.2, 0.25) is 0 Å². The Morgan fingerprint density at radius 2 is 1.77 bits per heavy atom. The number of aromatic nitrogens is 1. The first-order valence-corrected chi connectivity index (χ1v) is 10.5. The van der Waals surface area contributed by atoms with E-state index < -0.39 is 11.4 Å². The number of esters is 1. The van der Waals surface area contributed by atoms with Gasteiger partial charge in [0.25, 0.3) is 0 Å². The number of nitrogens with zero attached hydrogens (tertiary/aromatic N) is 1. The van der Waals surface area contributed by atoms with Gasteiger partial charge in [0.1, 0.15) is 0 Å². The molecule has 1 aromatic carbocycles. The van der Waals surface area contributed by atoms with Crippen LogP contribution in [-0.4, -0.2) is 28.8 Å². The summed E-state index contributed by atoms with van der Waals surface area (Å²) in [6.45, 7) is 9.27. The molecule has 31 heavy (non-hydrogen) atoms. The van der Waals surface area contributed by atoms with Crippen molar-refractivity contribution < 1.29 is 19.1 Å². The zero-order valence-electron chi connectivity index (χ0n) is 18.8. The lowest BCUT2D eigenvalue weighted by Crippen LogP contribution is -2.27. The van der Waals surface area contributed by atoms with Gasteiger partial charge in [-0.1, -0.05) is 20.8 Å². The Bertz CT molecular complexity index is 1020. The maximum Gasteiger partial charge on any atom is 0.331 e. The molecule has 0 atom stereocenters. The van der Waals surface area contributed by atoms with Crippen molar-refractivity contribution in [1.29, 1.82) is 0 Å². The summed E-state index contributed by atoms with van der Waals surface area (Å²) < 4.78 is 7.41. The van der Waals surface area contributed by atoms with Crippen LogP contribution in [-0.2, 0) is 14.3 Å². The normalized spacial score (nSPS) is 14.0. The van der Waals surface area contributed by atoms with Crippen LogP contribution in [0.3, 0.4) is 0 Å². The van der Waals surface area contributed by atoms with E-state index in [9.17, 15) is 14.4 Å². The zero-order chi connectivity index (χ0) is 22.8. The number of benzene rings is 1. The van der Waals surface area contributed by atoms with Crippen LogP contribution in [0.15, 0.2) is 36.4 Å². The van der Waals surface area contributed by atoms with Crippen molar-refractivity contribution in [2.75, 3.05) is 11.9 Å². The smallest absolute Gasteiger partial charge is 0.331 e. The Morgan fingerprint density at radius 1 is 1.13 bits per heavy atom. The van der Waals surface area contributed by atoms with Crippen molar-refractivity contribution in [3.63, 3.8) is 0 Å². The van der Waals surface area contributed by atoms with Crippen LogP contribution in [0.4, 0.5) is 5.69 Å². The molecule has 1 aliphatic rings. The fourth-order valence-electron chi connectivity index (χ4n) is 3.35. The molecule has 1 N–H and O–H groups in total. The summed E-state index contributed by atoms with van der Waals surface area (Å²) in [5.41, 5.74) is 3.83. The van der Waals surface area contributed by atoms with Gasteiger partial charge in [0.2, 0.25) is 5.91 Å². The van der Waals surface area contributed by atoms with Gasteiger partial charge in [0.15, 0.2) is 12.4 Å². The maximum atomic E-state index is 12.3. The molecule has 2 aromatic rings. The third-order valence-electron chi connectivity index (χ3n) is 5.33. The van der Waals surface area contributed by atoms with Gasteiger partial charge in [0.05, 0.1) is 0 Å². The predicted molar refractivity (Wildman–Crippen MR) is 121 cm³/mol. The number of rotatable bonds is 7. The van der Waals surface area contributed by atoms with Gasteiger partial charge >= 0.3 is 5.97 Å². The Kier molecular flexibility index (Phi) is 6.48. The average Bonchev–Trinajstić information content (AvgIpc) is 3.49. The van der Waals surface area contributed by atoms with E-state index in [1.165, 1.54) is 24.6 Å². The van der Waals surface area contributed by atoms with Crippen LogP contribution >= 0.6 is 0 Å². The van der Waals surface area contributed by atoms with E-state index in [0.717, 1.165) is 11.3 Å². The molecule has 1 saturated carbocycles. The molecule has 0 aliphatic heterocycles. The molecule has 6 heteroatoms. The lowest BCUT2D eigenvalue weighted by molar-refractivity contribution is -0.136. The van der Waals surface area contributed by atoms with Gasteiger partial charge in [-0.05, 0) is 68.7 Å². The first kappa shape index (κ1) is 22.5. The molecule has 1 fully saturated rings. The van der Waals surface area contributed by atoms with Crippen molar-refractivity contribution in [2.45, 2.75) is 53.5 Å². The summed E-state index contributed by atoms with van der Waals surface area (Å²) in [4.78, 5) is 36.4. The highest BCUT2D eigenvalue weighted by atomic mass is 16.5. The Balaban J connectivity index is 1.52. The Labute approximate surface area is 183 Å². The number of hydrogen-bond acceptors (Lipinski definition) is 4. The lowest BCUT2D eigenvalue weighted by atomic mass is 9.95. The second-order valence-electron chi connectivity index (χ2n) is 9.07. The molecule has 164 valence electrons. The molecule has 0 bridgehead atoms. The summed E-state index contributed by atoms with van der Waals surface area (Å²) >= 11 is 0. The Hall–Kier alpha value is -3.15. The van der Waals surface area contributed by atoms with E-state index in [1.54, 1.807) is 30.3 Å². The molecule has 3 rings (SSSR count). The number of carbonyl (C=O) groups excluding carboxylic acids is 3. The van der Waals surface area contributed by atoms with E-state index >= 15 is 0 Å². The van der Waals surface area contributed by atoms with Crippen molar-refractivity contribution >= 4 is 29.4 Å². The standard InChI is InChI=1S/C25H30N2O4/c1-16-14-19(17(2)27(16)21-11-12-21)8-13-23(29)31-15-22(28)18-6-9-20(10-7-18)26-24(30)25(3,4)5/h6-10,13-14,21H,11-12,15H2,1-5H3,(H,26,30)/b13-8+. The SMILES string of the molecule is Cc1cc(/C=C/C(=O)OCC(=O)c2ccc(NC(=O)C(C)(C)C)cc2)c(C)n1C1CC1. The summed E-state index contributed by atoms with van der Waals surface area (Å²) in [7, 11) is 0. The summed E-state index contributed by atoms with van der Waals surface area (Å²) in [5, 5.41) is 2.81. The predicted octanol–water partition coefficient (Wildman–Crippen LogP) is 4.86. The number of ketones is 1. The number of carbonyl (C=O) groups is 3. The molecular weight excluding hydrogens is 392 g/mol. The number of anilines is 1. The van der Waals surface area contributed by atoms with Crippen molar-refractivity contribution in [3.8, 4) is 0 Å². The van der Waals surface area contributed by atoms with Gasteiger partial charge in [0, 0.05) is 40.2 Å². The minimum absolute atomic E-state index is 0.106. The highest BCUT2D eigenvalue weighted by molar-refractivity contribution is 6.00. The third kappa shape index (κ3) is 5.72. The second kappa shape index (κ2) is 8.92. The molecular formula is C25H30N2O4. The maximum absolute atomic E-state index is 12.3. The Morgan fingerprint density at radius 3 is 2.35 bits per heavy atom. The van der Waals surface area contributed by atoms with Gasteiger partial charge in [-0.15, -0.1) is 0 Å². The molecule has 1 aliphatic carbocycles. The van der Waals surface area contributed by atoms with Gasteiger partial charge in [-0.25, -0.2) is 4.79 Å². The van der Waals surface area contributed by atoms with Crippen molar-refractivity contribution in [2.24, 2.45) is 5.41 Å². The van der Waals surface area contributed by atoms with Crippen LogP contribution in [0.1, 0.15) is 67.0 Å². The van der Waals surface area contributed by atoms with E-state index in [0.29, 0.717) is 17.3 Å². The van der Waals surface area contributed by atoms with E-state index in [4.69, 9.17) is 4.74 Å². The fourth-order valence-corrected chi connectivity index (χ4v) is 3.35. The monoisotopic (exact) mass is 422 g/mol. The highest BCUT2D eigenvalue weighted by Crippen LogP contribution is 2.38. The number of ether oxygens (including phenoxy) is 1. The van der Waals surface area contributed by atoms with Crippen LogP contribution in [0, 0.1) is 19.3 Å². The molecule has 0 spiro atoms. The third-order valence-corrected chi connectivity index (χ3v) is 5.33. The minimum atomic E-state index is -0.557. The number of nitrogens with one attached hydrogen (secondary N) is 1. The van der Waals surface area contributed by atoms with Crippen molar-refractivity contribution in [3.05, 3.63) is 58.9 Å². The van der Waals surface area contributed by atoms with Crippen molar-refractivity contribution in [1.82, 2.24) is 4.57 Å². The minimum Gasteiger partial charge on any atom is -0.454 e. The topological polar surface area (TPSA) is 77.4 Å². The molecule has 1 aromatic heterocycles. The van der Waals surface area contributed by atoms with Crippen LogP contribution in [0.25, 0.3) is 6.08 Å². The number of amides is 1. The van der Waals surface area contributed by atoms with Gasteiger partial charge < -0.3 is 14.6 Å². The summed E-state index contributed by atoms with van der Waals surface area (Å²) in [5.74, 6) is -0.966. The lowest BCUT2D eigenvalue weighted by Gasteiger charge is -2.17. The first-order valence-electron chi connectivity index (χ1n) is 10.5. The van der Waals surface area contributed by atoms with Crippen LogP contribution < -0.4 is 5.32 Å². The van der Waals surface area contributed by atoms with Gasteiger partial charge in [-0.2, -0.15) is 0 Å². The quantitative estimate of drug-likeness (QED) is 0.393. The largest absolute Gasteiger partial charge is 0.454 e. The highest BCUT2D eigenvalue weighted by Gasteiger charge is 2.26. The molecule has 0 radical (unpaired) electrons. The number of Topliss-reactive ketones (excluding diaryl/α,β-unsaturated/α-hetero) is 1. The molecule has 6 nitrogen and oxygen atoms in total. The zero-order valence-corrected chi connectivity index (χ0v) is 18.8. The second-order valence-corrected chi connectivity index (χ2v) is 9.07. The molecule has 0 saturated heterocycles. The van der Waals surface area contributed by atoms with E-state index in [1.807, 2.05) is 27.7 Å². The van der Waals surface area contributed by atoms with E-state index in [2.05, 4.69) is 22.9 Å². The summed E-state index contributed by atoms with van der Waals surface area (Å²) in [6, 6.07) is 9.18. The summed E-state index contributed by atoms with van der Waals surface area (Å²) in [6.07, 6.45) is 5.50. The molecule has 1 amide bonds. The fraction of sp³-hybridized carbons (Fsp3) is 0.400. The average molecular weight is 423 g/mol. The van der Waals surface area contributed by atoms with Crippen LogP contribution in [0.5, 0.6) is 0 Å². The first-order chi connectivity index (χ1) is 14.6. The van der Waals surface area contributed by atoms with Gasteiger partial charge in [-0.3, -0.25) is 9.59 Å². The number of hydrogen-bond donors (Lipinski definition) is 1. The molecule has 1 heterocycles. The molecule has 0 unspecified atom stereocenters. The number of aryl methyl sites for hydroxylation is 1. The van der Waals surface area contributed by atoms with E-state index in [-0.39, 0.29) is 18.3 Å².